The minimum atomic E-state index is -4.34. The average molecular weight is 269 g/mol. The van der Waals surface area contributed by atoms with E-state index in [2.05, 4.69) is 22.5 Å². The topological polar surface area (TPSA) is 0 Å². The van der Waals surface area contributed by atoms with E-state index in [1.807, 2.05) is 13.8 Å². The van der Waals surface area contributed by atoms with Crippen LogP contribution in [-0.2, 0) is 0 Å². The summed E-state index contributed by atoms with van der Waals surface area (Å²) in [4.78, 5) is 0. The van der Waals surface area contributed by atoms with Gasteiger partial charge in [-0.15, -0.1) is 0 Å². The molecule has 0 aliphatic rings. The minimum absolute atomic E-state index is 0.672. The van der Waals surface area contributed by atoms with Gasteiger partial charge in [0, 0.05) is 10.1 Å². The standard InChI is InChI=1S/C10H12BrF3/c1-4-7(2)9(11)6-5-8(3)10(12,13)14/h5-6H,3-4H2,1-2H3/b6-5-,9-7-. The van der Waals surface area contributed by atoms with E-state index in [0.717, 1.165) is 18.1 Å². The molecular formula is C10H12BrF3. The molecule has 80 valence electrons. The van der Waals surface area contributed by atoms with E-state index in [9.17, 15) is 13.2 Å². The summed E-state index contributed by atoms with van der Waals surface area (Å²) in [5.74, 6) is 0. The maximum absolute atomic E-state index is 12.0. The van der Waals surface area contributed by atoms with Crippen LogP contribution >= 0.6 is 15.9 Å². The fraction of sp³-hybridized carbons (Fsp3) is 0.400. The Hall–Kier alpha value is -0.510. The highest BCUT2D eigenvalue weighted by molar-refractivity contribution is 9.11. The second-order valence-electron chi connectivity index (χ2n) is 2.84. The lowest BCUT2D eigenvalue weighted by molar-refractivity contribution is -0.0878. The molecule has 0 aromatic rings. The molecule has 0 N–H and O–H groups in total. The van der Waals surface area contributed by atoms with Crippen molar-refractivity contribution in [3.63, 3.8) is 0 Å². The molecule has 14 heavy (non-hydrogen) atoms. The number of rotatable bonds is 3. The smallest absolute Gasteiger partial charge is 0.166 e. The first kappa shape index (κ1) is 13.5. The zero-order valence-electron chi connectivity index (χ0n) is 8.08. The highest BCUT2D eigenvalue weighted by Crippen LogP contribution is 2.26. The second kappa shape index (κ2) is 5.39. The zero-order chi connectivity index (χ0) is 11.4. The van der Waals surface area contributed by atoms with E-state index in [0.29, 0.717) is 4.48 Å². The Bertz CT molecular complexity index is 272. The van der Waals surface area contributed by atoms with Crippen molar-refractivity contribution in [3.8, 4) is 0 Å². The molecule has 0 atom stereocenters. The number of allylic oxidation sites excluding steroid dienone is 5. The Morgan fingerprint density at radius 1 is 1.36 bits per heavy atom. The molecule has 0 aliphatic carbocycles. The van der Waals surface area contributed by atoms with Gasteiger partial charge in [0.1, 0.15) is 0 Å². The number of hydrogen-bond donors (Lipinski definition) is 0. The molecule has 4 heteroatoms. The number of halogens is 4. The molecule has 0 nitrogen and oxygen atoms in total. The molecule has 0 fully saturated rings. The fourth-order valence-electron chi connectivity index (χ4n) is 0.579. The normalized spacial score (nSPS) is 14.4. The molecule has 0 bridgehead atoms. The zero-order valence-corrected chi connectivity index (χ0v) is 9.67. The van der Waals surface area contributed by atoms with Crippen LogP contribution in [0, 0.1) is 0 Å². The maximum atomic E-state index is 12.0. The van der Waals surface area contributed by atoms with Crippen molar-refractivity contribution in [3.05, 3.63) is 34.4 Å². The van der Waals surface area contributed by atoms with Crippen LogP contribution in [0.1, 0.15) is 20.3 Å². The third-order valence-electron chi connectivity index (χ3n) is 1.73. The fourth-order valence-corrected chi connectivity index (χ4v) is 0.992. The second-order valence-corrected chi connectivity index (χ2v) is 3.69. The van der Waals surface area contributed by atoms with Gasteiger partial charge in [-0.1, -0.05) is 35.0 Å². The van der Waals surface area contributed by atoms with Crippen molar-refractivity contribution in [2.75, 3.05) is 0 Å². The summed E-state index contributed by atoms with van der Waals surface area (Å²) in [5, 5.41) is 0. The molecule has 0 amide bonds. The molecule has 0 aromatic heterocycles. The largest absolute Gasteiger partial charge is 0.415 e. The Morgan fingerprint density at radius 2 is 1.86 bits per heavy atom. The first-order chi connectivity index (χ1) is 6.29. The summed E-state index contributed by atoms with van der Waals surface area (Å²) in [5.41, 5.74) is 0.148. The van der Waals surface area contributed by atoms with Gasteiger partial charge in [0.05, 0.1) is 0 Å². The highest BCUT2D eigenvalue weighted by atomic mass is 79.9. The molecular weight excluding hydrogens is 257 g/mol. The van der Waals surface area contributed by atoms with Crippen LogP contribution in [-0.4, -0.2) is 6.18 Å². The van der Waals surface area contributed by atoms with Crippen LogP contribution in [0.2, 0.25) is 0 Å². The average Bonchev–Trinajstić information content (AvgIpc) is 2.10. The van der Waals surface area contributed by atoms with Crippen LogP contribution in [0.3, 0.4) is 0 Å². The van der Waals surface area contributed by atoms with Crippen LogP contribution in [0.25, 0.3) is 0 Å². The molecule has 0 rings (SSSR count). The van der Waals surface area contributed by atoms with E-state index in [4.69, 9.17) is 0 Å². The van der Waals surface area contributed by atoms with Crippen LogP contribution in [0.4, 0.5) is 13.2 Å². The predicted molar refractivity (Wildman–Crippen MR) is 56.3 cm³/mol. The van der Waals surface area contributed by atoms with Gasteiger partial charge in [0.2, 0.25) is 0 Å². The van der Waals surface area contributed by atoms with Gasteiger partial charge in [0.15, 0.2) is 0 Å². The Morgan fingerprint density at radius 3 is 2.21 bits per heavy atom. The van der Waals surface area contributed by atoms with E-state index in [1.165, 1.54) is 6.08 Å². The molecule has 0 spiro atoms. The van der Waals surface area contributed by atoms with E-state index < -0.39 is 11.7 Å². The van der Waals surface area contributed by atoms with E-state index >= 15 is 0 Å². The van der Waals surface area contributed by atoms with Gasteiger partial charge >= 0.3 is 6.18 Å². The number of alkyl halides is 3. The molecule has 0 heterocycles. The van der Waals surface area contributed by atoms with Crippen LogP contribution in [0.5, 0.6) is 0 Å². The van der Waals surface area contributed by atoms with Crippen molar-refractivity contribution in [2.45, 2.75) is 26.4 Å². The lowest BCUT2D eigenvalue weighted by atomic mass is 10.2. The maximum Gasteiger partial charge on any atom is 0.415 e. The highest BCUT2D eigenvalue weighted by Gasteiger charge is 2.29. The molecule has 0 radical (unpaired) electrons. The number of hydrogen-bond acceptors (Lipinski definition) is 0. The molecule has 0 saturated carbocycles. The van der Waals surface area contributed by atoms with Gasteiger partial charge in [-0.05, 0) is 25.5 Å². The molecule has 0 saturated heterocycles. The summed E-state index contributed by atoms with van der Waals surface area (Å²) in [6.07, 6.45) is -1.22. The lowest BCUT2D eigenvalue weighted by Gasteiger charge is -2.04. The summed E-state index contributed by atoms with van der Waals surface area (Å²) in [6, 6.07) is 0. The third kappa shape index (κ3) is 4.65. The first-order valence-electron chi connectivity index (χ1n) is 4.08. The SMILES string of the molecule is C=C(/C=C\C(Br)=C(/C)CC)C(F)(F)F. The van der Waals surface area contributed by atoms with Gasteiger partial charge < -0.3 is 0 Å². The third-order valence-corrected chi connectivity index (χ3v) is 2.67. The summed E-state index contributed by atoms with van der Waals surface area (Å²) in [6.45, 7) is 6.71. The summed E-state index contributed by atoms with van der Waals surface area (Å²) >= 11 is 3.18. The van der Waals surface area contributed by atoms with Crippen LogP contribution < -0.4 is 0 Å². The first-order valence-corrected chi connectivity index (χ1v) is 4.87. The quantitative estimate of drug-likeness (QED) is 0.649. The van der Waals surface area contributed by atoms with Crippen molar-refractivity contribution in [1.82, 2.24) is 0 Å². The molecule has 0 aromatic carbocycles. The van der Waals surface area contributed by atoms with E-state index in [-0.39, 0.29) is 0 Å². The lowest BCUT2D eigenvalue weighted by Crippen LogP contribution is -2.08. The molecule has 0 unspecified atom stereocenters. The molecule has 0 aliphatic heterocycles. The Balaban J connectivity index is 4.55. The van der Waals surface area contributed by atoms with Gasteiger partial charge in [0.25, 0.3) is 0 Å². The van der Waals surface area contributed by atoms with Gasteiger partial charge in [-0.25, -0.2) is 0 Å². The van der Waals surface area contributed by atoms with Crippen LogP contribution in [0.15, 0.2) is 34.4 Å². The Labute approximate surface area is 90.3 Å². The van der Waals surface area contributed by atoms with Gasteiger partial charge in [-0.2, -0.15) is 13.2 Å². The van der Waals surface area contributed by atoms with Crippen molar-refractivity contribution < 1.29 is 13.2 Å². The summed E-state index contributed by atoms with van der Waals surface area (Å²) in [7, 11) is 0. The Kier molecular flexibility index (Phi) is 5.19. The minimum Gasteiger partial charge on any atom is -0.166 e. The summed E-state index contributed by atoms with van der Waals surface area (Å²) < 4.78 is 36.7. The van der Waals surface area contributed by atoms with Crippen molar-refractivity contribution in [2.24, 2.45) is 0 Å². The van der Waals surface area contributed by atoms with Crippen molar-refractivity contribution >= 4 is 15.9 Å². The van der Waals surface area contributed by atoms with Gasteiger partial charge in [-0.3, -0.25) is 0 Å². The van der Waals surface area contributed by atoms with E-state index in [1.54, 1.807) is 0 Å². The van der Waals surface area contributed by atoms with Crippen molar-refractivity contribution in [1.29, 1.82) is 0 Å². The predicted octanol–water partition coefficient (Wildman–Crippen LogP) is 4.74. The monoisotopic (exact) mass is 268 g/mol.